The molecule has 0 amide bonds. The van der Waals surface area contributed by atoms with Gasteiger partial charge >= 0.3 is 0 Å². The average Bonchev–Trinajstić information content (AvgIpc) is 2.30. The van der Waals surface area contributed by atoms with Crippen molar-refractivity contribution in [3.05, 3.63) is 24.0 Å². The Morgan fingerprint density at radius 3 is 2.82 bits per heavy atom. The Morgan fingerprint density at radius 2 is 2.18 bits per heavy atom. The van der Waals surface area contributed by atoms with E-state index in [0.29, 0.717) is 10.8 Å². The molecular weight excluding hydrogens is 239 g/mol. The van der Waals surface area contributed by atoms with E-state index in [-0.39, 0.29) is 5.75 Å². The molecule has 1 aromatic rings. The summed E-state index contributed by atoms with van der Waals surface area (Å²) >= 11 is 5.05. The Hall–Kier alpha value is -1.36. The highest BCUT2D eigenvalue weighted by Gasteiger charge is 2.02. The van der Waals surface area contributed by atoms with Crippen molar-refractivity contribution in [3.8, 4) is 5.75 Å². The predicted octanol–water partition coefficient (Wildman–Crippen LogP) is 3.01. The number of aromatic hydroxyl groups is 1. The zero-order valence-corrected chi connectivity index (χ0v) is 10.6. The number of anilines is 1. The van der Waals surface area contributed by atoms with Crippen LogP contribution in [0, 0.1) is 5.82 Å². The maximum Gasteiger partial charge on any atom is 0.170 e. The van der Waals surface area contributed by atoms with Gasteiger partial charge in [-0.05, 0) is 30.8 Å². The average molecular weight is 256 g/mol. The summed E-state index contributed by atoms with van der Waals surface area (Å²) in [6.07, 6.45) is 3.37. The molecule has 5 heteroatoms. The van der Waals surface area contributed by atoms with Crippen molar-refractivity contribution >= 4 is 23.0 Å². The summed E-state index contributed by atoms with van der Waals surface area (Å²) in [6.45, 7) is 2.94. The third-order valence-corrected chi connectivity index (χ3v) is 2.52. The molecule has 17 heavy (non-hydrogen) atoms. The lowest BCUT2D eigenvalue weighted by Crippen LogP contribution is -2.29. The maximum absolute atomic E-state index is 13.0. The van der Waals surface area contributed by atoms with E-state index in [2.05, 4.69) is 17.6 Å². The number of phenolic OH excluding ortho intramolecular Hbond substituents is 1. The van der Waals surface area contributed by atoms with E-state index >= 15 is 0 Å². The first-order chi connectivity index (χ1) is 8.13. The van der Waals surface area contributed by atoms with Crippen LogP contribution < -0.4 is 10.6 Å². The van der Waals surface area contributed by atoms with Crippen molar-refractivity contribution in [1.29, 1.82) is 0 Å². The number of phenols is 1. The highest BCUT2D eigenvalue weighted by molar-refractivity contribution is 7.80. The van der Waals surface area contributed by atoms with Crippen LogP contribution >= 0.6 is 12.2 Å². The molecule has 0 bridgehead atoms. The van der Waals surface area contributed by atoms with E-state index < -0.39 is 5.82 Å². The molecule has 0 radical (unpaired) electrons. The van der Waals surface area contributed by atoms with E-state index in [4.69, 9.17) is 17.3 Å². The molecule has 3 nitrogen and oxygen atoms in total. The van der Waals surface area contributed by atoms with Gasteiger partial charge in [-0.2, -0.15) is 0 Å². The van der Waals surface area contributed by atoms with Crippen molar-refractivity contribution in [2.45, 2.75) is 26.2 Å². The van der Waals surface area contributed by atoms with E-state index in [0.717, 1.165) is 25.8 Å². The fourth-order valence-electron chi connectivity index (χ4n) is 1.34. The number of hydrogen-bond acceptors (Lipinski definition) is 2. The standard InChI is InChI=1S/C12H17FN2OS/c1-2-3-4-7-14-12(17)15-9-5-6-11(16)10(13)8-9/h5-6,8,16H,2-4,7H2,1H3,(H2,14,15,17). The van der Waals surface area contributed by atoms with Crippen molar-refractivity contribution < 1.29 is 9.50 Å². The summed E-state index contributed by atoms with van der Waals surface area (Å²) in [5.74, 6) is -1.03. The number of rotatable bonds is 5. The van der Waals surface area contributed by atoms with E-state index in [1.165, 1.54) is 12.1 Å². The van der Waals surface area contributed by atoms with Gasteiger partial charge < -0.3 is 15.7 Å². The van der Waals surface area contributed by atoms with Crippen LogP contribution in [0.4, 0.5) is 10.1 Å². The van der Waals surface area contributed by atoms with Gasteiger partial charge in [-0.1, -0.05) is 19.8 Å². The molecule has 0 unspecified atom stereocenters. The molecule has 0 saturated carbocycles. The highest BCUT2D eigenvalue weighted by Crippen LogP contribution is 2.19. The Balaban J connectivity index is 2.37. The molecular formula is C12H17FN2OS. The summed E-state index contributed by atoms with van der Waals surface area (Å²) in [6, 6.07) is 4.06. The minimum atomic E-state index is -0.663. The maximum atomic E-state index is 13.0. The van der Waals surface area contributed by atoms with Gasteiger partial charge in [-0.25, -0.2) is 4.39 Å². The molecule has 0 spiro atoms. The van der Waals surface area contributed by atoms with Crippen LogP contribution in [-0.2, 0) is 0 Å². The van der Waals surface area contributed by atoms with Crippen LogP contribution in [0.5, 0.6) is 5.75 Å². The molecule has 3 N–H and O–H groups in total. The number of benzene rings is 1. The summed E-state index contributed by atoms with van der Waals surface area (Å²) in [5, 5.41) is 15.4. The van der Waals surface area contributed by atoms with Crippen LogP contribution in [-0.4, -0.2) is 16.8 Å². The largest absolute Gasteiger partial charge is 0.505 e. The summed E-state index contributed by atoms with van der Waals surface area (Å²) < 4.78 is 13.0. The molecule has 0 aliphatic rings. The van der Waals surface area contributed by atoms with Gasteiger partial charge in [0.15, 0.2) is 16.7 Å². The normalized spacial score (nSPS) is 10.0. The van der Waals surface area contributed by atoms with Crippen LogP contribution in [0.1, 0.15) is 26.2 Å². The highest BCUT2D eigenvalue weighted by atomic mass is 32.1. The fraction of sp³-hybridized carbons (Fsp3) is 0.417. The smallest absolute Gasteiger partial charge is 0.170 e. The second kappa shape index (κ2) is 7.06. The minimum Gasteiger partial charge on any atom is -0.505 e. The Labute approximate surface area is 106 Å². The first kappa shape index (κ1) is 13.7. The SMILES string of the molecule is CCCCCNC(=S)Nc1ccc(O)c(F)c1. The van der Waals surface area contributed by atoms with Gasteiger partial charge in [-0.3, -0.25) is 0 Å². The lowest BCUT2D eigenvalue weighted by molar-refractivity contribution is 0.432. The van der Waals surface area contributed by atoms with Gasteiger partial charge in [0.1, 0.15) is 0 Å². The monoisotopic (exact) mass is 256 g/mol. The molecule has 0 aliphatic heterocycles. The van der Waals surface area contributed by atoms with Crippen LogP contribution in [0.25, 0.3) is 0 Å². The zero-order valence-electron chi connectivity index (χ0n) is 9.79. The Kier molecular flexibility index (Phi) is 5.69. The van der Waals surface area contributed by atoms with Crippen LogP contribution in [0.2, 0.25) is 0 Å². The van der Waals surface area contributed by atoms with Gasteiger partial charge in [-0.15, -0.1) is 0 Å². The molecule has 0 saturated heterocycles. The first-order valence-corrected chi connectivity index (χ1v) is 6.07. The third-order valence-electron chi connectivity index (χ3n) is 2.27. The zero-order chi connectivity index (χ0) is 12.7. The van der Waals surface area contributed by atoms with E-state index in [1.807, 2.05) is 0 Å². The van der Waals surface area contributed by atoms with Crippen molar-refractivity contribution in [1.82, 2.24) is 5.32 Å². The van der Waals surface area contributed by atoms with Crippen molar-refractivity contribution in [2.24, 2.45) is 0 Å². The van der Waals surface area contributed by atoms with Crippen LogP contribution in [0.15, 0.2) is 18.2 Å². The number of halogens is 1. The molecule has 0 fully saturated rings. The Bertz CT molecular complexity index is 385. The molecule has 0 atom stereocenters. The summed E-state index contributed by atoms with van der Waals surface area (Å²) in [4.78, 5) is 0. The molecule has 1 aromatic carbocycles. The second-order valence-corrected chi connectivity index (χ2v) is 4.16. The van der Waals surface area contributed by atoms with E-state index in [1.54, 1.807) is 6.07 Å². The topological polar surface area (TPSA) is 44.3 Å². The number of thiocarbonyl (C=S) groups is 1. The van der Waals surface area contributed by atoms with Crippen molar-refractivity contribution in [2.75, 3.05) is 11.9 Å². The third kappa shape index (κ3) is 4.99. The fourth-order valence-corrected chi connectivity index (χ4v) is 1.56. The molecule has 0 heterocycles. The lowest BCUT2D eigenvalue weighted by Gasteiger charge is -2.10. The molecule has 94 valence electrons. The van der Waals surface area contributed by atoms with Crippen LogP contribution in [0.3, 0.4) is 0 Å². The van der Waals surface area contributed by atoms with E-state index in [9.17, 15) is 4.39 Å². The number of unbranched alkanes of at least 4 members (excludes halogenated alkanes) is 2. The number of hydrogen-bond donors (Lipinski definition) is 3. The predicted molar refractivity (Wildman–Crippen MR) is 71.8 cm³/mol. The summed E-state index contributed by atoms with van der Waals surface area (Å²) in [5.41, 5.74) is 0.522. The van der Waals surface area contributed by atoms with Gasteiger partial charge in [0.2, 0.25) is 0 Å². The molecule has 1 rings (SSSR count). The lowest BCUT2D eigenvalue weighted by atomic mass is 10.2. The second-order valence-electron chi connectivity index (χ2n) is 3.75. The quantitative estimate of drug-likeness (QED) is 0.430. The Morgan fingerprint density at radius 1 is 1.41 bits per heavy atom. The first-order valence-electron chi connectivity index (χ1n) is 5.67. The van der Waals surface area contributed by atoms with Crippen molar-refractivity contribution in [3.63, 3.8) is 0 Å². The van der Waals surface area contributed by atoms with Gasteiger partial charge in [0.25, 0.3) is 0 Å². The molecule has 0 aliphatic carbocycles. The number of nitrogens with one attached hydrogen (secondary N) is 2. The van der Waals surface area contributed by atoms with Gasteiger partial charge in [0, 0.05) is 18.3 Å². The molecule has 0 aromatic heterocycles. The minimum absolute atomic E-state index is 0.364. The van der Waals surface area contributed by atoms with Gasteiger partial charge in [0.05, 0.1) is 0 Å². The summed E-state index contributed by atoms with van der Waals surface area (Å²) in [7, 11) is 0.